The number of rotatable bonds is 8. The molecule has 7 rings (SSSR count). The molecule has 2 atom stereocenters. The van der Waals surface area contributed by atoms with Crippen LogP contribution in [0.4, 0.5) is 10.2 Å². The SMILES string of the molecule is COC/C=C/C(=O)N1CC[C@H](n2cnc3c(N4CC(C)(N(C)C)C4)nc4c(F)c(-c5c(C)c(Cl)cc6c5C=NC6)c(Cl)cc4c32)C[C@H]1CC#N. The van der Waals surface area contributed by atoms with E-state index in [1.165, 1.54) is 6.08 Å². The number of fused-ring (bicyclic) bond motifs is 4. The highest BCUT2D eigenvalue weighted by Gasteiger charge is 2.43. The van der Waals surface area contributed by atoms with Gasteiger partial charge in [0.05, 0.1) is 48.0 Å². The van der Waals surface area contributed by atoms with Gasteiger partial charge in [-0.1, -0.05) is 29.3 Å². The van der Waals surface area contributed by atoms with E-state index < -0.39 is 5.82 Å². The summed E-state index contributed by atoms with van der Waals surface area (Å²) in [6.07, 6.45) is 8.08. The number of likely N-dealkylation sites (N-methyl/N-ethyl adjacent to an activating group) is 1. The minimum Gasteiger partial charge on any atom is -0.381 e. The summed E-state index contributed by atoms with van der Waals surface area (Å²) in [5.41, 5.74) is 4.82. The number of anilines is 1. The van der Waals surface area contributed by atoms with Crippen molar-refractivity contribution in [2.45, 2.75) is 57.3 Å². The second-order valence-electron chi connectivity index (χ2n) is 14.0. The van der Waals surface area contributed by atoms with Crippen molar-refractivity contribution < 1.29 is 13.9 Å². The summed E-state index contributed by atoms with van der Waals surface area (Å²) in [6.45, 7) is 6.70. The number of carbonyl (C=O) groups is 1. The van der Waals surface area contributed by atoms with Crippen LogP contribution in [0.1, 0.15) is 48.9 Å². The average molecular weight is 718 g/mol. The predicted molar refractivity (Wildman–Crippen MR) is 196 cm³/mol. The van der Waals surface area contributed by atoms with Gasteiger partial charge in [0.1, 0.15) is 11.0 Å². The molecule has 3 aliphatic rings. The molecule has 50 heavy (non-hydrogen) atoms. The summed E-state index contributed by atoms with van der Waals surface area (Å²) >= 11 is 13.7. The standard InChI is InChI=1S/C37H39Cl2FN8O2/c1-21-27(38)13-22-16-42-17-26(22)30(21)31-28(39)15-25-33(32(31)40)44-36(46-18-37(2,19-46)45(3)4)34-35(25)48(20-43-34)24-9-11-47(23(14-24)8-10-41)29(49)7-6-12-50-5/h6-7,13,15,17,20,23-24H,8-9,11-12,14,16,18-19H2,1-5H3/b7-6+/t23-,24+/m1/s1. The Kier molecular flexibility index (Phi) is 9.10. The topological polar surface area (TPSA) is 103 Å². The highest BCUT2D eigenvalue weighted by molar-refractivity contribution is 6.36. The minimum atomic E-state index is -0.530. The molecule has 1 amide bonds. The van der Waals surface area contributed by atoms with Crippen molar-refractivity contribution in [3.8, 4) is 17.2 Å². The Hall–Kier alpha value is -4.08. The largest absolute Gasteiger partial charge is 0.381 e. The molecule has 260 valence electrons. The summed E-state index contributed by atoms with van der Waals surface area (Å²) in [4.78, 5) is 33.6. The first-order valence-electron chi connectivity index (χ1n) is 16.7. The lowest BCUT2D eigenvalue weighted by molar-refractivity contribution is -0.130. The summed E-state index contributed by atoms with van der Waals surface area (Å²) in [5.74, 6) is -0.0706. The van der Waals surface area contributed by atoms with Crippen LogP contribution in [0.2, 0.25) is 10.0 Å². The Morgan fingerprint density at radius 2 is 2.00 bits per heavy atom. The number of imidazole rings is 1. The van der Waals surface area contributed by atoms with E-state index in [0.29, 0.717) is 72.9 Å². The van der Waals surface area contributed by atoms with Crippen molar-refractivity contribution >= 4 is 63.1 Å². The lowest BCUT2D eigenvalue weighted by atomic mass is 9.90. The molecule has 10 nitrogen and oxygen atoms in total. The van der Waals surface area contributed by atoms with E-state index in [0.717, 1.165) is 22.2 Å². The molecule has 0 radical (unpaired) electrons. The number of hydrogen-bond acceptors (Lipinski definition) is 8. The van der Waals surface area contributed by atoms with Crippen molar-refractivity contribution in [3.63, 3.8) is 0 Å². The van der Waals surface area contributed by atoms with E-state index in [9.17, 15) is 10.1 Å². The second-order valence-corrected chi connectivity index (χ2v) is 14.8. The zero-order valence-electron chi connectivity index (χ0n) is 28.8. The minimum absolute atomic E-state index is 0.0748. The lowest BCUT2D eigenvalue weighted by Gasteiger charge is -2.52. The van der Waals surface area contributed by atoms with Crippen molar-refractivity contribution in [1.82, 2.24) is 24.3 Å². The van der Waals surface area contributed by atoms with Gasteiger partial charge < -0.3 is 24.0 Å². The van der Waals surface area contributed by atoms with Crippen molar-refractivity contribution in [3.05, 3.63) is 63.2 Å². The number of halogens is 3. The Bertz CT molecular complexity index is 2130. The number of hydrogen-bond donors (Lipinski definition) is 0. The van der Waals surface area contributed by atoms with Crippen LogP contribution in [0.3, 0.4) is 0 Å². The van der Waals surface area contributed by atoms with Gasteiger partial charge in [0.2, 0.25) is 5.91 Å². The van der Waals surface area contributed by atoms with Gasteiger partial charge in [0.15, 0.2) is 11.6 Å². The molecule has 0 spiro atoms. The smallest absolute Gasteiger partial charge is 0.246 e. The molecule has 3 aliphatic heterocycles. The number of pyridine rings is 1. The fraction of sp³-hybridized carbons (Fsp3) is 0.432. The van der Waals surface area contributed by atoms with Gasteiger partial charge >= 0.3 is 0 Å². The van der Waals surface area contributed by atoms with Gasteiger partial charge in [-0.15, -0.1) is 0 Å². The van der Waals surface area contributed by atoms with E-state index in [-0.39, 0.29) is 46.1 Å². The van der Waals surface area contributed by atoms with Gasteiger partial charge in [-0.25, -0.2) is 14.4 Å². The zero-order valence-corrected chi connectivity index (χ0v) is 30.3. The predicted octanol–water partition coefficient (Wildman–Crippen LogP) is 6.73. The zero-order chi connectivity index (χ0) is 35.5. The molecular weight excluding hydrogens is 678 g/mol. The molecule has 2 aromatic heterocycles. The van der Waals surface area contributed by atoms with Crippen molar-refractivity contribution in [2.75, 3.05) is 52.3 Å². The Balaban J connectivity index is 1.39. The molecule has 13 heteroatoms. The number of likely N-dealkylation sites (tertiary alicyclic amines) is 1. The number of amides is 1. The summed E-state index contributed by atoms with van der Waals surface area (Å²) in [7, 11) is 5.68. The Morgan fingerprint density at radius 3 is 2.72 bits per heavy atom. The van der Waals surface area contributed by atoms with Crippen molar-refractivity contribution in [2.24, 2.45) is 4.99 Å². The summed E-state index contributed by atoms with van der Waals surface area (Å²) in [6, 6.07) is 5.53. The first-order chi connectivity index (χ1) is 24.0. The normalized spacial score (nSPS) is 19.9. The van der Waals surface area contributed by atoms with Gasteiger partial charge in [0.25, 0.3) is 0 Å². The molecule has 4 aromatic rings. The van der Waals surface area contributed by atoms with Gasteiger partial charge in [-0.05, 0) is 69.6 Å². The number of benzene rings is 2. The van der Waals surface area contributed by atoms with Gasteiger partial charge in [0, 0.05) is 72.7 Å². The van der Waals surface area contributed by atoms with Crippen LogP contribution < -0.4 is 4.90 Å². The molecule has 0 bridgehead atoms. The first-order valence-corrected chi connectivity index (χ1v) is 17.5. The molecule has 0 unspecified atom stereocenters. The van der Waals surface area contributed by atoms with E-state index >= 15 is 4.39 Å². The number of aliphatic imine (C=N–C) groups is 1. The molecule has 0 aliphatic carbocycles. The molecular formula is C37H39Cl2FN8O2. The molecule has 0 saturated carbocycles. The average Bonchev–Trinajstić information content (AvgIpc) is 3.73. The highest BCUT2D eigenvalue weighted by Crippen LogP contribution is 2.46. The quantitative estimate of drug-likeness (QED) is 0.187. The maximum Gasteiger partial charge on any atom is 0.246 e. The number of ether oxygens (including phenoxy) is 1. The van der Waals surface area contributed by atoms with Crippen LogP contribution in [-0.4, -0.2) is 95.5 Å². The fourth-order valence-electron chi connectivity index (χ4n) is 7.65. The third kappa shape index (κ3) is 5.63. The summed E-state index contributed by atoms with van der Waals surface area (Å²) in [5, 5.41) is 11.0. The molecule has 0 N–H and O–H groups in total. The van der Waals surface area contributed by atoms with Crippen LogP contribution in [0, 0.1) is 24.1 Å². The van der Waals surface area contributed by atoms with E-state index in [2.05, 4.69) is 46.4 Å². The third-order valence-electron chi connectivity index (χ3n) is 10.7. The van der Waals surface area contributed by atoms with Crippen LogP contribution in [0.5, 0.6) is 0 Å². The summed E-state index contributed by atoms with van der Waals surface area (Å²) < 4.78 is 24.4. The van der Waals surface area contributed by atoms with Crippen LogP contribution in [-0.2, 0) is 16.1 Å². The van der Waals surface area contributed by atoms with E-state index in [4.69, 9.17) is 37.9 Å². The van der Waals surface area contributed by atoms with Crippen LogP contribution in [0.15, 0.2) is 35.6 Å². The fourth-order valence-corrected chi connectivity index (χ4v) is 8.17. The molecule has 2 saturated heterocycles. The van der Waals surface area contributed by atoms with Crippen LogP contribution >= 0.6 is 23.2 Å². The first kappa shape index (κ1) is 34.4. The molecule has 2 aromatic carbocycles. The van der Waals surface area contributed by atoms with Gasteiger partial charge in [-0.3, -0.25) is 9.79 Å². The second kappa shape index (κ2) is 13.2. The number of aromatic nitrogens is 3. The monoisotopic (exact) mass is 716 g/mol. The Labute approximate surface area is 300 Å². The molecule has 5 heterocycles. The van der Waals surface area contributed by atoms with Crippen LogP contribution in [0.25, 0.3) is 33.1 Å². The number of nitriles is 1. The number of piperidine rings is 1. The lowest BCUT2D eigenvalue weighted by Crippen LogP contribution is -2.67. The maximum atomic E-state index is 17.3. The number of methoxy groups -OCH3 is 1. The number of nitrogens with zero attached hydrogens (tertiary/aromatic N) is 8. The van der Waals surface area contributed by atoms with E-state index in [1.807, 2.05) is 13.0 Å². The number of carbonyl (C=O) groups excluding carboxylic acids is 1. The van der Waals surface area contributed by atoms with Crippen molar-refractivity contribution in [1.29, 1.82) is 5.26 Å². The maximum absolute atomic E-state index is 17.3. The highest BCUT2D eigenvalue weighted by atomic mass is 35.5. The van der Waals surface area contributed by atoms with Gasteiger partial charge in [-0.2, -0.15) is 5.26 Å². The molecule has 2 fully saturated rings. The Morgan fingerprint density at radius 1 is 1.22 bits per heavy atom. The van der Waals surface area contributed by atoms with E-state index in [1.54, 1.807) is 36.7 Å². The third-order valence-corrected chi connectivity index (χ3v) is 11.4.